The molecule has 0 aromatic heterocycles. The monoisotopic (exact) mass is 285 g/mol. The number of rotatable bonds is 7. The second kappa shape index (κ2) is 11.6. The Labute approximate surface area is 120 Å². The van der Waals surface area contributed by atoms with Crippen LogP contribution in [-0.4, -0.2) is 28.9 Å². The summed E-state index contributed by atoms with van der Waals surface area (Å²) >= 11 is 0. The average molecular weight is 285 g/mol. The molecule has 1 aromatic rings. The molecule has 4 nitrogen and oxygen atoms in total. The number of phenolic OH excluding ortho intramolecular Hbond substituents is 1. The topological polar surface area (TPSA) is 69.9 Å². The van der Waals surface area contributed by atoms with Crippen molar-refractivity contribution in [1.82, 2.24) is 0 Å². The quantitative estimate of drug-likeness (QED) is 0.532. The van der Waals surface area contributed by atoms with Gasteiger partial charge in [-0.05, 0) is 31.9 Å². The fourth-order valence-corrected chi connectivity index (χ4v) is 1.71. The molecule has 0 heterocycles. The van der Waals surface area contributed by atoms with E-state index in [4.69, 9.17) is 19.9 Å². The van der Waals surface area contributed by atoms with E-state index in [1.165, 1.54) is 31.4 Å². The standard InChI is InChI=1S/C14H21FO2.BH2O2/c1-3-4-5-6-7-11(2)17-12-8-9-14(16)13(15)10-12;2-1-3/h8-11,16H,3-7H2,1-2H3;2-3H/t11-;/m0./s1. The number of benzene rings is 1. The Morgan fingerprint density at radius 3 is 2.45 bits per heavy atom. The predicted molar refractivity (Wildman–Crippen MR) is 77.1 cm³/mol. The minimum atomic E-state index is -0.638. The first-order chi connectivity index (χ1) is 9.54. The van der Waals surface area contributed by atoms with Gasteiger partial charge in [-0.3, -0.25) is 0 Å². The summed E-state index contributed by atoms with van der Waals surface area (Å²) in [5, 5.41) is 23.0. The van der Waals surface area contributed by atoms with E-state index in [0.717, 1.165) is 12.8 Å². The minimum Gasteiger partial charge on any atom is -0.505 e. The van der Waals surface area contributed by atoms with Gasteiger partial charge >= 0.3 is 7.69 Å². The molecule has 0 bridgehead atoms. The molecule has 0 fully saturated rings. The van der Waals surface area contributed by atoms with Gasteiger partial charge in [-0.15, -0.1) is 0 Å². The first kappa shape index (κ1) is 18.7. The van der Waals surface area contributed by atoms with Crippen molar-refractivity contribution in [2.45, 2.75) is 52.1 Å². The Kier molecular flexibility index (Phi) is 10.8. The molecule has 0 spiro atoms. The number of hydrogen-bond donors (Lipinski definition) is 3. The zero-order chi connectivity index (χ0) is 15.4. The highest BCUT2D eigenvalue weighted by atomic mass is 19.1. The Balaban J connectivity index is 0.00000110. The van der Waals surface area contributed by atoms with E-state index in [9.17, 15) is 4.39 Å². The first-order valence-electron chi connectivity index (χ1n) is 6.80. The molecule has 0 unspecified atom stereocenters. The smallest absolute Gasteiger partial charge is 0.482 e. The molecule has 0 amide bonds. The molecule has 20 heavy (non-hydrogen) atoms. The Hall–Kier alpha value is -1.27. The highest BCUT2D eigenvalue weighted by molar-refractivity contribution is 6.13. The minimum absolute atomic E-state index is 0. The average Bonchev–Trinajstić information content (AvgIpc) is 2.40. The van der Waals surface area contributed by atoms with Crippen molar-refractivity contribution in [1.29, 1.82) is 0 Å². The lowest BCUT2D eigenvalue weighted by Gasteiger charge is -2.14. The summed E-state index contributed by atoms with van der Waals surface area (Å²) in [5.41, 5.74) is 0. The predicted octanol–water partition coefficient (Wildman–Crippen LogP) is 2.77. The summed E-state index contributed by atoms with van der Waals surface area (Å²) in [6, 6.07) is 4.12. The van der Waals surface area contributed by atoms with E-state index in [2.05, 4.69) is 6.92 Å². The van der Waals surface area contributed by atoms with Crippen LogP contribution in [0, 0.1) is 5.82 Å². The van der Waals surface area contributed by atoms with Gasteiger partial charge < -0.3 is 19.9 Å². The maximum Gasteiger partial charge on any atom is 0.482 e. The van der Waals surface area contributed by atoms with Crippen LogP contribution >= 0.6 is 0 Å². The molecule has 0 saturated carbocycles. The highest BCUT2D eigenvalue weighted by Gasteiger charge is 2.06. The molecular formula is C14H23BFO4. The number of halogens is 1. The van der Waals surface area contributed by atoms with Crippen molar-refractivity contribution >= 4 is 7.69 Å². The maximum atomic E-state index is 13.1. The highest BCUT2D eigenvalue weighted by Crippen LogP contribution is 2.22. The van der Waals surface area contributed by atoms with Crippen molar-refractivity contribution < 1.29 is 24.3 Å². The zero-order valence-corrected chi connectivity index (χ0v) is 12.1. The summed E-state index contributed by atoms with van der Waals surface area (Å²) in [6.07, 6.45) is 5.88. The van der Waals surface area contributed by atoms with Crippen LogP contribution in [0.3, 0.4) is 0 Å². The van der Waals surface area contributed by atoms with E-state index in [-0.39, 0.29) is 19.5 Å². The Morgan fingerprint density at radius 1 is 1.25 bits per heavy atom. The normalized spacial score (nSPS) is 11.2. The molecular weight excluding hydrogens is 262 g/mol. The summed E-state index contributed by atoms with van der Waals surface area (Å²) in [7, 11) is 0. The van der Waals surface area contributed by atoms with Gasteiger partial charge in [0.15, 0.2) is 11.6 Å². The van der Waals surface area contributed by atoms with Crippen LogP contribution in [0.1, 0.15) is 46.0 Å². The summed E-state index contributed by atoms with van der Waals surface area (Å²) in [4.78, 5) is 0. The van der Waals surface area contributed by atoms with Gasteiger partial charge in [0, 0.05) is 6.07 Å². The lowest BCUT2D eigenvalue weighted by atomic mass is 10.1. The Morgan fingerprint density at radius 2 is 1.90 bits per heavy atom. The van der Waals surface area contributed by atoms with Crippen molar-refractivity contribution in [3.8, 4) is 11.5 Å². The number of phenols is 1. The molecule has 0 aliphatic heterocycles. The van der Waals surface area contributed by atoms with Crippen LogP contribution in [-0.2, 0) is 0 Å². The molecule has 0 saturated heterocycles. The van der Waals surface area contributed by atoms with Crippen LogP contribution in [0.5, 0.6) is 11.5 Å². The molecule has 0 aliphatic rings. The van der Waals surface area contributed by atoms with Crippen molar-refractivity contribution in [3.05, 3.63) is 24.0 Å². The number of ether oxygens (including phenoxy) is 1. The van der Waals surface area contributed by atoms with Crippen LogP contribution in [0.4, 0.5) is 4.39 Å². The fraction of sp³-hybridized carbons (Fsp3) is 0.571. The van der Waals surface area contributed by atoms with Crippen molar-refractivity contribution in [2.24, 2.45) is 0 Å². The lowest BCUT2D eigenvalue weighted by molar-refractivity contribution is 0.205. The molecule has 113 valence electrons. The second-order valence-electron chi connectivity index (χ2n) is 4.51. The van der Waals surface area contributed by atoms with Crippen LogP contribution < -0.4 is 4.74 Å². The van der Waals surface area contributed by atoms with Crippen molar-refractivity contribution in [2.75, 3.05) is 0 Å². The van der Waals surface area contributed by atoms with Crippen LogP contribution in [0.15, 0.2) is 18.2 Å². The third kappa shape index (κ3) is 8.77. The van der Waals surface area contributed by atoms with Crippen LogP contribution in [0.25, 0.3) is 0 Å². The second-order valence-corrected chi connectivity index (χ2v) is 4.51. The molecule has 1 aromatic carbocycles. The third-order valence-corrected chi connectivity index (χ3v) is 2.72. The third-order valence-electron chi connectivity index (χ3n) is 2.72. The Bertz CT molecular complexity index is 363. The van der Waals surface area contributed by atoms with Crippen LogP contribution in [0.2, 0.25) is 0 Å². The van der Waals surface area contributed by atoms with Crippen molar-refractivity contribution in [3.63, 3.8) is 0 Å². The molecule has 1 atom stereocenters. The summed E-state index contributed by atoms with van der Waals surface area (Å²) in [6.45, 7) is 4.16. The SMILES string of the molecule is CCCCCC[C@H](C)Oc1ccc(O)c(F)c1.O[B]O. The van der Waals surface area contributed by atoms with E-state index in [0.29, 0.717) is 5.75 Å². The largest absolute Gasteiger partial charge is 0.505 e. The molecule has 1 radical (unpaired) electrons. The molecule has 6 heteroatoms. The van der Waals surface area contributed by atoms with E-state index >= 15 is 0 Å². The summed E-state index contributed by atoms with van der Waals surface area (Å²) < 4.78 is 18.6. The zero-order valence-electron chi connectivity index (χ0n) is 12.1. The lowest BCUT2D eigenvalue weighted by Crippen LogP contribution is -2.11. The number of aromatic hydroxyl groups is 1. The van der Waals surface area contributed by atoms with E-state index in [1.807, 2.05) is 6.92 Å². The van der Waals surface area contributed by atoms with Gasteiger partial charge in [0.2, 0.25) is 0 Å². The van der Waals surface area contributed by atoms with Gasteiger partial charge in [-0.25, -0.2) is 4.39 Å². The number of unbranched alkanes of at least 4 members (excludes halogenated alkanes) is 3. The first-order valence-corrected chi connectivity index (χ1v) is 6.80. The van der Waals surface area contributed by atoms with Gasteiger partial charge in [0.1, 0.15) is 5.75 Å². The van der Waals surface area contributed by atoms with Gasteiger partial charge in [0.05, 0.1) is 6.10 Å². The fourth-order valence-electron chi connectivity index (χ4n) is 1.71. The maximum absolute atomic E-state index is 13.1. The van der Waals surface area contributed by atoms with Gasteiger partial charge in [-0.2, -0.15) is 0 Å². The summed E-state index contributed by atoms with van der Waals surface area (Å²) in [5.74, 6) is -0.503. The number of hydrogen-bond acceptors (Lipinski definition) is 4. The van der Waals surface area contributed by atoms with Gasteiger partial charge in [-0.1, -0.05) is 26.2 Å². The molecule has 0 aliphatic carbocycles. The van der Waals surface area contributed by atoms with E-state index < -0.39 is 5.82 Å². The van der Waals surface area contributed by atoms with E-state index in [1.54, 1.807) is 6.07 Å². The molecule has 1 rings (SSSR count). The van der Waals surface area contributed by atoms with Gasteiger partial charge in [0.25, 0.3) is 0 Å². The molecule has 3 N–H and O–H groups in total.